The highest BCUT2D eigenvalue weighted by Gasteiger charge is 2.42. The zero-order valence-corrected chi connectivity index (χ0v) is 24.1. The van der Waals surface area contributed by atoms with Gasteiger partial charge in [-0.2, -0.15) is 5.26 Å². The van der Waals surface area contributed by atoms with Gasteiger partial charge in [0.25, 0.3) is 5.91 Å². The number of fused-ring (bicyclic) bond motifs is 1. The number of amides is 1. The van der Waals surface area contributed by atoms with Crippen molar-refractivity contribution < 1.29 is 23.8 Å². The first-order chi connectivity index (χ1) is 19.3. The summed E-state index contributed by atoms with van der Waals surface area (Å²) in [4.78, 5) is 29.6. The Labute approximate surface area is 244 Å². The van der Waals surface area contributed by atoms with Gasteiger partial charge in [-0.1, -0.05) is 23.2 Å². The number of rotatable bonds is 8. The van der Waals surface area contributed by atoms with Crippen LogP contribution < -0.4 is 9.47 Å². The minimum Gasteiger partial charge on any atom is -0.493 e. The van der Waals surface area contributed by atoms with E-state index in [1.54, 1.807) is 11.8 Å². The lowest BCUT2D eigenvalue weighted by Crippen LogP contribution is -2.47. The molecule has 0 saturated carbocycles. The Balaban J connectivity index is 1.14. The van der Waals surface area contributed by atoms with Crippen molar-refractivity contribution in [1.29, 1.82) is 5.26 Å². The Bertz CT molecular complexity index is 1320. The van der Waals surface area contributed by atoms with Crippen molar-refractivity contribution in [3.8, 4) is 17.6 Å². The molecule has 2 aromatic rings. The lowest BCUT2D eigenvalue weighted by atomic mass is 9.87. The number of nitrogens with zero attached hydrogens (tertiary/aromatic N) is 3. The topological polar surface area (TPSA) is 92.1 Å². The Hall–Kier alpha value is -2.99. The third-order valence-corrected chi connectivity index (χ3v) is 8.57. The maximum Gasteiger partial charge on any atom is 0.310 e. The first-order valence-electron chi connectivity index (χ1n) is 13.8. The van der Waals surface area contributed by atoms with E-state index in [2.05, 4.69) is 4.90 Å². The Morgan fingerprint density at radius 1 is 1.18 bits per heavy atom. The molecule has 0 unspecified atom stereocenters. The van der Waals surface area contributed by atoms with Crippen molar-refractivity contribution in [2.45, 2.75) is 44.6 Å². The molecule has 0 radical (unpaired) electrons. The second kappa shape index (κ2) is 12.3. The van der Waals surface area contributed by atoms with Gasteiger partial charge >= 0.3 is 5.97 Å². The van der Waals surface area contributed by atoms with Crippen molar-refractivity contribution >= 4 is 35.1 Å². The molecule has 40 heavy (non-hydrogen) atoms. The van der Waals surface area contributed by atoms with Crippen molar-refractivity contribution in [2.75, 3.05) is 45.9 Å². The van der Waals surface area contributed by atoms with Crippen LogP contribution in [-0.2, 0) is 16.0 Å². The molecule has 0 aliphatic carbocycles. The molecule has 2 fully saturated rings. The molecular weight excluding hydrogens is 553 g/mol. The minimum absolute atomic E-state index is 0.142. The Kier molecular flexibility index (Phi) is 8.74. The number of halogens is 2. The van der Waals surface area contributed by atoms with Crippen LogP contribution in [0.1, 0.15) is 54.1 Å². The molecule has 0 aromatic heterocycles. The summed E-state index contributed by atoms with van der Waals surface area (Å²) in [6.07, 6.45) is 4.11. The second-order valence-corrected chi connectivity index (χ2v) is 11.5. The highest BCUT2D eigenvalue weighted by molar-refractivity contribution is 6.32. The van der Waals surface area contributed by atoms with E-state index in [9.17, 15) is 14.9 Å². The third-order valence-electron chi connectivity index (χ3n) is 8.02. The first kappa shape index (κ1) is 28.5. The van der Waals surface area contributed by atoms with Gasteiger partial charge in [-0.3, -0.25) is 9.59 Å². The summed E-state index contributed by atoms with van der Waals surface area (Å²) in [7, 11) is 0. The van der Waals surface area contributed by atoms with Gasteiger partial charge in [0.05, 0.1) is 35.3 Å². The van der Waals surface area contributed by atoms with E-state index < -0.39 is 0 Å². The molecular formula is C30H33Cl2N3O5. The molecule has 10 heteroatoms. The van der Waals surface area contributed by atoms with E-state index in [-0.39, 0.29) is 46.1 Å². The van der Waals surface area contributed by atoms with Crippen LogP contribution in [0.25, 0.3) is 0 Å². The van der Waals surface area contributed by atoms with Crippen molar-refractivity contribution in [1.82, 2.24) is 9.80 Å². The summed E-state index contributed by atoms with van der Waals surface area (Å²) in [5.41, 5.74) is 1.53. The number of nitriles is 1. The number of esters is 1. The number of ether oxygens (including phenoxy) is 3. The van der Waals surface area contributed by atoms with Gasteiger partial charge < -0.3 is 24.0 Å². The molecule has 3 heterocycles. The molecule has 1 amide bonds. The smallest absolute Gasteiger partial charge is 0.310 e. The molecule has 2 aromatic carbocycles. The molecule has 3 aliphatic heterocycles. The number of benzene rings is 2. The van der Waals surface area contributed by atoms with E-state index in [1.807, 2.05) is 24.3 Å². The standard InChI is InChI=1S/C30H33Cl2N3O5/c1-2-38-29(37)20-6-10-35(19-20)28(36)24-15-22(18-33)25(32)16-27(24)39-13-3-9-34-11-7-30(8-12-34)17-21-14-23(31)4-5-26(21)40-30/h4-5,14-16,20H,2-3,6-13,17,19H2,1H3/t20-/m1/s1. The molecule has 3 aliphatic rings. The summed E-state index contributed by atoms with van der Waals surface area (Å²) >= 11 is 12.5. The van der Waals surface area contributed by atoms with Crippen LogP contribution in [-0.4, -0.2) is 73.2 Å². The normalized spacial score (nSPS) is 19.6. The van der Waals surface area contributed by atoms with Gasteiger partial charge in [0.15, 0.2) is 0 Å². The largest absolute Gasteiger partial charge is 0.493 e. The predicted molar refractivity (Wildman–Crippen MR) is 151 cm³/mol. The van der Waals surface area contributed by atoms with Gasteiger partial charge in [0, 0.05) is 63.1 Å². The summed E-state index contributed by atoms with van der Waals surface area (Å²) in [5, 5.41) is 10.4. The van der Waals surface area contributed by atoms with Crippen LogP contribution in [0.3, 0.4) is 0 Å². The van der Waals surface area contributed by atoms with Gasteiger partial charge in [-0.25, -0.2) is 0 Å². The van der Waals surface area contributed by atoms with E-state index in [0.717, 1.165) is 56.1 Å². The number of hydrogen-bond acceptors (Lipinski definition) is 7. The number of carbonyl (C=O) groups is 2. The average Bonchev–Trinajstić information content (AvgIpc) is 3.57. The maximum absolute atomic E-state index is 13.4. The number of carbonyl (C=O) groups excluding carboxylic acids is 2. The van der Waals surface area contributed by atoms with Crippen LogP contribution >= 0.6 is 23.2 Å². The van der Waals surface area contributed by atoms with E-state index >= 15 is 0 Å². The summed E-state index contributed by atoms with van der Waals surface area (Å²) in [6.45, 7) is 5.91. The average molecular weight is 587 g/mol. The van der Waals surface area contributed by atoms with Gasteiger partial charge in [-0.15, -0.1) is 0 Å². The molecule has 2 saturated heterocycles. The molecule has 0 N–H and O–H groups in total. The van der Waals surface area contributed by atoms with E-state index in [0.29, 0.717) is 31.9 Å². The number of piperidine rings is 1. The molecule has 8 nitrogen and oxygen atoms in total. The Morgan fingerprint density at radius 3 is 2.73 bits per heavy atom. The quantitative estimate of drug-likeness (QED) is 0.313. The van der Waals surface area contributed by atoms with E-state index in [4.69, 9.17) is 37.4 Å². The van der Waals surface area contributed by atoms with Crippen LogP contribution in [0.2, 0.25) is 10.0 Å². The molecule has 1 atom stereocenters. The number of likely N-dealkylation sites (tertiary alicyclic amines) is 2. The molecule has 0 bridgehead atoms. The summed E-state index contributed by atoms with van der Waals surface area (Å²) < 4.78 is 17.5. The fourth-order valence-corrected chi connectivity index (χ4v) is 6.22. The predicted octanol–water partition coefficient (Wildman–Crippen LogP) is 5.13. The lowest BCUT2D eigenvalue weighted by molar-refractivity contribution is -0.147. The monoisotopic (exact) mass is 585 g/mol. The molecule has 212 valence electrons. The van der Waals surface area contributed by atoms with Crippen molar-refractivity contribution in [2.24, 2.45) is 5.92 Å². The fourth-order valence-electron chi connectivity index (χ4n) is 5.83. The van der Waals surface area contributed by atoms with Crippen LogP contribution in [0.15, 0.2) is 30.3 Å². The highest BCUT2D eigenvalue weighted by atomic mass is 35.5. The number of hydrogen-bond donors (Lipinski definition) is 0. The van der Waals surface area contributed by atoms with E-state index in [1.165, 1.54) is 17.7 Å². The SMILES string of the molecule is CCOC(=O)[C@@H]1CCN(C(=O)c2cc(C#N)c(Cl)cc2OCCCN2CCC3(CC2)Cc2cc(Cl)ccc2O3)C1. The minimum atomic E-state index is -0.346. The highest BCUT2D eigenvalue weighted by Crippen LogP contribution is 2.42. The maximum atomic E-state index is 13.4. The fraction of sp³-hybridized carbons (Fsp3) is 0.500. The van der Waals surface area contributed by atoms with Crippen molar-refractivity contribution in [3.63, 3.8) is 0 Å². The van der Waals surface area contributed by atoms with Crippen LogP contribution in [0, 0.1) is 17.2 Å². The third kappa shape index (κ3) is 6.17. The lowest BCUT2D eigenvalue weighted by Gasteiger charge is -2.38. The molecule has 1 spiro atoms. The van der Waals surface area contributed by atoms with Gasteiger partial charge in [0.1, 0.15) is 23.2 Å². The molecule has 5 rings (SSSR count). The van der Waals surface area contributed by atoms with Crippen LogP contribution in [0.5, 0.6) is 11.5 Å². The van der Waals surface area contributed by atoms with Gasteiger partial charge in [0.2, 0.25) is 0 Å². The van der Waals surface area contributed by atoms with Gasteiger partial charge in [-0.05, 0) is 49.6 Å². The first-order valence-corrected chi connectivity index (χ1v) is 14.6. The second-order valence-electron chi connectivity index (χ2n) is 10.7. The Morgan fingerprint density at radius 2 is 1.98 bits per heavy atom. The van der Waals surface area contributed by atoms with Crippen molar-refractivity contribution in [3.05, 3.63) is 57.1 Å². The zero-order valence-electron chi connectivity index (χ0n) is 22.6. The zero-order chi connectivity index (χ0) is 28.3. The summed E-state index contributed by atoms with van der Waals surface area (Å²) in [5.74, 6) is 0.376. The van der Waals surface area contributed by atoms with Crippen LogP contribution in [0.4, 0.5) is 0 Å². The summed E-state index contributed by atoms with van der Waals surface area (Å²) in [6, 6.07) is 10.9.